The van der Waals surface area contributed by atoms with E-state index in [-0.39, 0.29) is 16.4 Å². The highest BCUT2D eigenvalue weighted by molar-refractivity contribution is 7.90. The van der Waals surface area contributed by atoms with Crippen LogP contribution in [-0.2, 0) is 27.6 Å². The van der Waals surface area contributed by atoms with Gasteiger partial charge < -0.3 is 9.47 Å². The van der Waals surface area contributed by atoms with E-state index >= 15 is 0 Å². The first kappa shape index (κ1) is 22.8. The van der Waals surface area contributed by atoms with Crippen LogP contribution in [0.15, 0.2) is 34.7 Å². The van der Waals surface area contributed by atoms with Gasteiger partial charge in [-0.15, -0.1) is 0 Å². The Kier molecular flexibility index (Phi) is 6.42. The molecule has 7 heteroatoms. The van der Waals surface area contributed by atoms with E-state index in [1.165, 1.54) is 12.3 Å². The number of hydrogen-bond donors (Lipinski definition) is 0. The molecule has 0 atom stereocenters. The molecule has 0 fully saturated rings. The molecule has 0 aliphatic carbocycles. The maximum atomic E-state index is 13.3. The fraction of sp³-hybridized carbons (Fsp3) is 0.417. The Hall–Kier alpha value is -2.85. The summed E-state index contributed by atoms with van der Waals surface area (Å²) in [5.74, 6) is 0.129. The smallest absolute Gasteiger partial charge is 0.268 e. The number of rotatable bonds is 5. The van der Waals surface area contributed by atoms with Crippen molar-refractivity contribution in [3.05, 3.63) is 52.4 Å². The number of hydrogen-bond acceptors (Lipinski definition) is 4. The molecule has 31 heavy (non-hydrogen) atoms. The zero-order valence-electron chi connectivity index (χ0n) is 18.8. The first-order valence-electron chi connectivity index (χ1n) is 10.5. The molecular formula is C24H29N3O3S. The molecular weight excluding hydrogens is 410 g/mol. The van der Waals surface area contributed by atoms with Gasteiger partial charge in [-0.05, 0) is 74.1 Å². The molecule has 1 aromatic carbocycles. The molecule has 6 nitrogen and oxygen atoms in total. The van der Waals surface area contributed by atoms with Crippen LogP contribution >= 0.6 is 0 Å². The number of benzene rings is 1. The van der Waals surface area contributed by atoms with Crippen molar-refractivity contribution < 1.29 is 13.2 Å². The standard InChI is InChI=1S/C24H29N3O3S/c1-16(2)15-27-17(3)11-20(18(27)4)12-21(14-25)24(28)26-10-6-7-19-13-22(31(5,29)30)8-9-23(19)26/h8-9,11-13,16H,6-7,10,15H2,1-5H3. The summed E-state index contributed by atoms with van der Waals surface area (Å²) in [6.07, 6.45) is 4.26. The van der Waals surface area contributed by atoms with Crippen LogP contribution in [0.25, 0.3) is 6.08 Å². The van der Waals surface area contributed by atoms with Crippen molar-refractivity contribution in [1.29, 1.82) is 5.26 Å². The van der Waals surface area contributed by atoms with Crippen LogP contribution in [0.5, 0.6) is 0 Å². The number of aromatic nitrogens is 1. The minimum atomic E-state index is -3.32. The monoisotopic (exact) mass is 439 g/mol. The summed E-state index contributed by atoms with van der Waals surface area (Å²) in [6, 6.07) is 8.91. The highest BCUT2D eigenvalue weighted by atomic mass is 32.2. The molecule has 2 aromatic rings. The third kappa shape index (κ3) is 4.75. The van der Waals surface area contributed by atoms with E-state index in [2.05, 4.69) is 24.5 Å². The Bertz CT molecular complexity index is 1200. The second-order valence-corrected chi connectivity index (χ2v) is 10.6. The summed E-state index contributed by atoms with van der Waals surface area (Å²) >= 11 is 0. The summed E-state index contributed by atoms with van der Waals surface area (Å²) in [4.78, 5) is 15.1. The lowest BCUT2D eigenvalue weighted by Gasteiger charge is -2.29. The maximum Gasteiger partial charge on any atom is 0.268 e. The number of anilines is 1. The van der Waals surface area contributed by atoms with Crippen molar-refractivity contribution in [3.8, 4) is 6.07 Å². The van der Waals surface area contributed by atoms with Gasteiger partial charge >= 0.3 is 0 Å². The Labute approximate surface area is 184 Å². The summed E-state index contributed by atoms with van der Waals surface area (Å²) in [6.45, 7) is 9.71. The zero-order chi connectivity index (χ0) is 22.9. The molecule has 0 bridgehead atoms. The molecule has 0 saturated heterocycles. The quantitative estimate of drug-likeness (QED) is 0.520. The molecule has 1 aliphatic heterocycles. The predicted molar refractivity (Wildman–Crippen MR) is 123 cm³/mol. The van der Waals surface area contributed by atoms with Crippen molar-refractivity contribution in [3.63, 3.8) is 0 Å². The molecule has 0 radical (unpaired) electrons. The minimum Gasteiger partial charge on any atom is -0.348 e. The van der Waals surface area contributed by atoms with Crippen molar-refractivity contribution >= 4 is 27.5 Å². The lowest BCUT2D eigenvalue weighted by Crippen LogP contribution is -2.36. The molecule has 0 N–H and O–H groups in total. The first-order chi connectivity index (χ1) is 14.5. The average Bonchev–Trinajstić information content (AvgIpc) is 2.96. The van der Waals surface area contributed by atoms with Gasteiger partial charge in [0.15, 0.2) is 9.84 Å². The summed E-state index contributed by atoms with van der Waals surface area (Å²) < 4.78 is 26.0. The van der Waals surface area contributed by atoms with Gasteiger partial charge in [-0.25, -0.2) is 8.42 Å². The Morgan fingerprint density at radius 2 is 1.97 bits per heavy atom. The molecule has 1 aromatic heterocycles. The molecule has 1 amide bonds. The number of sulfone groups is 1. The van der Waals surface area contributed by atoms with E-state index in [9.17, 15) is 18.5 Å². The molecule has 3 rings (SSSR count). The van der Waals surface area contributed by atoms with Gasteiger partial charge in [0.25, 0.3) is 5.91 Å². The largest absolute Gasteiger partial charge is 0.348 e. The van der Waals surface area contributed by atoms with Crippen molar-refractivity contribution in [1.82, 2.24) is 4.57 Å². The topological polar surface area (TPSA) is 83.2 Å². The van der Waals surface area contributed by atoms with E-state index in [1.807, 2.05) is 19.9 Å². The van der Waals surface area contributed by atoms with E-state index in [4.69, 9.17) is 0 Å². The second kappa shape index (κ2) is 8.72. The lowest BCUT2D eigenvalue weighted by atomic mass is 10.0. The third-order valence-corrected chi connectivity index (χ3v) is 6.76. The van der Waals surface area contributed by atoms with Gasteiger partial charge in [0, 0.05) is 36.4 Å². The van der Waals surface area contributed by atoms with Crippen LogP contribution in [-0.4, -0.2) is 31.7 Å². The van der Waals surface area contributed by atoms with Crippen molar-refractivity contribution in [2.45, 2.75) is 52.0 Å². The van der Waals surface area contributed by atoms with Crippen LogP contribution in [0.4, 0.5) is 5.69 Å². The molecule has 0 unspecified atom stereocenters. The normalized spacial score (nSPS) is 14.5. The highest BCUT2D eigenvalue weighted by Crippen LogP contribution is 2.31. The molecule has 164 valence electrons. The van der Waals surface area contributed by atoms with E-state index in [0.29, 0.717) is 31.0 Å². The van der Waals surface area contributed by atoms with Gasteiger partial charge in [-0.1, -0.05) is 13.8 Å². The summed E-state index contributed by atoms with van der Waals surface area (Å²) in [5.41, 5.74) is 4.56. The zero-order valence-corrected chi connectivity index (χ0v) is 19.6. The number of fused-ring (bicyclic) bond motifs is 1. The SMILES string of the molecule is Cc1cc(C=C(C#N)C(=O)N2CCCc3cc(S(C)(=O)=O)ccc32)c(C)n1CC(C)C. The van der Waals surface area contributed by atoms with Gasteiger partial charge in [0.2, 0.25) is 0 Å². The van der Waals surface area contributed by atoms with E-state index in [1.54, 1.807) is 23.1 Å². The highest BCUT2D eigenvalue weighted by Gasteiger charge is 2.26. The molecule has 0 spiro atoms. The molecule has 0 saturated carbocycles. The Morgan fingerprint density at radius 1 is 1.26 bits per heavy atom. The van der Waals surface area contributed by atoms with Gasteiger partial charge in [-0.3, -0.25) is 4.79 Å². The molecule has 2 heterocycles. The van der Waals surface area contributed by atoms with Crippen LogP contribution in [0.3, 0.4) is 0 Å². The van der Waals surface area contributed by atoms with Crippen LogP contribution in [0.2, 0.25) is 0 Å². The van der Waals surface area contributed by atoms with Crippen LogP contribution in [0, 0.1) is 31.1 Å². The van der Waals surface area contributed by atoms with Gasteiger partial charge in [-0.2, -0.15) is 5.26 Å². The van der Waals surface area contributed by atoms with E-state index in [0.717, 1.165) is 29.1 Å². The number of amides is 1. The number of carbonyl (C=O) groups excluding carboxylic acids is 1. The first-order valence-corrected chi connectivity index (χ1v) is 12.4. The third-order valence-electron chi connectivity index (χ3n) is 5.65. The minimum absolute atomic E-state index is 0.0739. The lowest BCUT2D eigenvalue weighted by molar-refractivity contribution is -0.114. The average molecular weight is 440 g/mol. The second-order valence-electron chi connectivity index (χ2n) is 8.62. The Morgan fingerprint density at radius 3 is 2.58 bits per heavy atom. The Balaban J connectivity index is 1.97. The van der Waals surface area contributed by atoms with E-state index < -0.39 is 9.84 Å². The number of nitrogens with zero attached hydrogens (tertiary/aromatic N) is 3. The number of aryl methyl sites for hydroxylation is 2. The van der Waals surface area contributed by atoms with Gasteiger partial charge in [0.05, 0.1) is 4.90 Å². The fourth-order valence-electron chi connectivity index (χ4n) is 4.08. The number of carbonyl (C=O) groups is 1. The van der Waals surface area contributed by atoms with Crippen LogP contribution in [0.1, 0.15) is 42.8 Å². The molecule has 1 aliphatic rings. The predicted octanol–water partition coefficient (Wildman–Crippen LogP) is 4.05. The maximum absolute atomic E-state index is 13.3. The number of nitriles is 1. The summed E-state index contributed by atoms with van der Waals surface area (Å²) in [7, 11) is -3.32. The summed E-state index contributed by atoms with van der Waals surface area (Å²) in [5, 5.41) is 9.75. The van der Waals surface area contributed by atoms with Gasteiger partial charge in [0.1, 0.15) is 11.6 Å². The van der Waals surface area contributed by atoms with Crippen molar-refractivity contribution in [2.24, 2.45) is 5.92 Å². The van der Waals surface area contributed by atoms with Crippen molar-refractivity contribution in [2.75, 3.05) is 17.7 Å². The van der Waals surface area contributed by atoms with Crippen LogP contribution < -0.4 is 4.90 Å². The fourth-order valence-corrected chi connectivity index (χ4v) is 4.75.